The summed E-state index contributed by atoms with van der Waals surface area (Å²) in [7, 11) is 0. The van der Waals surface area contributed by atoms with Crippen LogP contribution >= 0.6 is 0 Å². The number of aliphatic hydroxyl groups excluding tert-OH is 1. The fourth-order valence-corrected chi connectivity index (χ4v) is 1.58. The molecule has 0 aliphatic carbocycles. The van der Waals surface area contributed by atoms with Crippen LogP contribution in [0.4, 0.5) is 0 Å². The van der Waals surface area contributed by atoms with Gasteiger partial charge in [-0.1, -0.05) is 39.0 Å². The van der Waals surface area contributed by atoms with Gasteiger partial charge in [0, 0.05) is 0 Å². The van der Waals surface area contributed by atoms with Gasteiger partial charge in [-0.3, -0.25) is 0 Å². The Morgan fingerprint density at radius 1 is 1.18 bits per heavy atom. The summed E-state index contributed by atoms with van der Waals surface area (Å²) in [5.74, 6) is -0.959. The van der Waals surface area contributed by atoms with Gasteiger partial charge in [-0.25, -0.2) is 4.79 Å². The van der Waals surface area contributed by atoms with Gasteiger partial charge in [0.2, 0.25) is 0 Å². The number of carboxylic acids is 1. The number of ether oxygens (including phenoxy) is 1. The van der Waals surface area contributed by atoms with Crippen molar-refractivity contribution < 1.29 is 19.7 Å². The molecule has 0 radical (unpaired) electrons. The average molecular weight is 246 g/mol. The van der Waals surface area contributed by atoms with Crippen LogP contribution in [0.15, 0.2) is 0 Å². The Labute approximate surface area is 104 Å². The maximum absolute atomic E-state index is 10.5. The fourth-order valence-electron chi connectivity index (χ4n) is 1.58. The summed E-state index contributed by atoms with van der Waals surface area (Å²) >= 11 is 0. The lowest BCUT2D eigenvalue weighted by molar-refractivity contribution is -0.149. The summed E-state index contributed by atoms with van der Waals surface area (Å²) in [6, 6.07) is 0. The van der Waals surface area contributed by atoms with E-state index >= 15 is 0 Å². The van der Waals surface area contributed by atoms with Crippen molar-refractivity contribution in [2.45, 2.75) is 71.0 Å². The number of unbranched alkanes of at least 4 members (excludes halogenated alkanes) is 4. The lowest BCUT2D eigenvalue weighted by atomic mass is 10.1. The average Bonchev–Trinajstić information content (AvgIpc) is 2.28. The van der Waals surface area contributed by atoms with Gasteiger partial charge in [0.1, 0.15) is 0 Å². The fraction of sp³-hybridized carbons (Fsp3) is 0.923. The monoisotopic (exact) mass is 246 g/mol. The first-order valence-corrected chi connectivity index (χ1v) is 6.60. The molecule has 0 aliphatic rings. The van der Waals surface area contributed by atoms with Crippen LogP contribution in [-0.4, -0.2) is 35.0 Å². The number of carbonyl (C=O) groups is 1. The Hall–Kier alpha value is -0.610. The van der Waals surface area contributed by atoms with Gasteiger partial charge in [-0.05, 0) is 19.8 Å². The highest BCUT2D eigenvalue weighted by molar-refractivity contribution is 5.71. The summed E-state index contributed by atoms with van der Waals surface area (Å²) in [5, 5.41) is 18.2. The minimum absolute atomic E-state index is 0.309. The molecule has 0 bridgehead atoms. The lowest BCUT2D eigenvalue weighted by Gasteiger charge is -2.12. The van der Waals surface area contributed by atoms with Gasteiger partial charge >= 0.3 is 5.97 Å². The van der Waals surface area contributed by atoms with Crippen molar-refractivity contribution >= 4 is 5.97 Å². The lowest BCUT2D eigenvalue weighted by Crippen LogP contribution is -2.22. The molecule has 0 aromatic carbocycles. The van der Waals surface area contributed by atoms with Crippen molar-refractivity contribution in [1.29, 1.82) is 0 Å². The first-order valence-electron chi connectivity index (χ1n) is 6.60. The summed E-state index contributed by atoms with van der Waals surface area (Å²) in [6.45, 7) is 3.98. The van der Waals surface area contributed by atoms with Crippen molar-refractivity contribution in [2.75, 3.05) is 6.61 Å². The molecule has 2 atom stereocenters. The van der Waals surface area contributed by atoms with E-state index in [-0.39, 0.29) is 6.10 Å². The molecular formula is C13H26O4. The van der Waals surface area contributed by atoms with Gasteiger partial charge in [0.15, 0.2) is 6.10 Å². The van der Waals surface area contributed by atoms with Crippen LogP contribution < -0.4 is 0 Å². The summed E-state index contributed by atoms with van der Waals surface area (Å²) in [5.41, 5.74) is 0. The Morgan fingerprint density at radius 3 is 2.41 bits per heavy atom. The molecule has 0 aromatic heterocycles. The molecule has 0 aromatic rings. The van der Waals surface area contributed by atoms with Gasteiger partial charge in [0.05, 0.1) is 12.7 Å². The van der Waals surface area contributed by atoms with E-state index in [0.717, 1.165) is 19.3 Å². The molecule has 0 fully saturated rings. The van der Waals surface area contributed by atoms with Crippen molar-refractivity contribution in [3.63, 3.8) is 0 Å². The third-order valence-corrected chi connectivity index (χ3v) is 2.81. The molecule has 102 valence electrons. The Morgan fingerprint density at radius 2 is 1.82 bits per heavy atom. The highest BCUT2D eigenvalue weighted by Crippen LogP contribution is 2.09. The van der Waals surface area contributed by atoms with Crippen LogP contribution in [0.25, 0.3) is 0 Å². The maximum atomic E-state index is 10.5. The SMILES string of the molecule is CCCCCCCC(O)CCOC(C)C(=O)O. The first kappa shape index (κ1) is 16.4. The highest BCUT2D eigenvalue weighted by atomic mass is 16.5. The molecule has 0 amide bonds. The zero-order valence-corrected chi connectivity index (χ0v) is 11.0. The van der Waals surface area contributed by atoms with E-state index in [9.17, 15) is 9.90 Å². The van der Waals surface area contributed by atoms with E-state index in [1.807, 2.05) is 0 Å². The second kappa shape index (κ2) is 10.5. The van der Waals surface area contributed by atoms with Crippen molar-refractivity contribution in [1.82, 2.24) is 0 Å². The van der Waals surface area contributed by atoms with Crippen LogP contribution in [0.1, 0.15) is 58.8 Å². The van der Waals surface area contributed by atoms with Crippen LogP contribution in [0.5, 0.6) is 0 Å². The smallest absolute Gasteiger partial charge is 0.332 e. The van der Waals surface area contributed by atoms with E-state index in [2.05, 4.69) is 6.92 Å². The number of aliphatic hydroxyl groups is 1. The molecule has 2 unspecified atom stereocenters. The summed E-state index contributed by atoms with van der Waals surface area (Å²) in [6.07, 6.45) is 6.07. The van der Waals surface area contributed by atoms with Crippen molar-refractivity contribution in [3.8, 4) is 0 Å². The van der Waals surface area contributed by atoms with E-state index in [4.69, 9.17) is 9.84 Å². The van der Waals surface area contributed by atoms with Gasteiger partial charge < -0.3 is 14.9 Å². The van der Waals surface area contributed by atoms with E-state index in [0.29, 0.717) is 13.0 Å². The van der Waals surface area contributed by atoms with Crippen LogP contribution in [-0.2, 0) is 9.53 Å². The van der Waals surface area contributed by atoms with Crippen molar-refractivity contribution in [2.24, 2.45) is 0 Å². The van der Waals surface area contributed by atoms with Crippen LogP contribution in [0.2, 0.25) is 0 Å². The topological polar surface area (TPSA) is 66.8 Å². The number of hydrogen-bond acceptors (Lipinski definition) is 3. The molecule has 0 spiro atoms. The Balaban J connectivity index is 3.34. The zero-order valence-electron chi connectivity index (χ0n) is 11.0. The molecule has 4 nitrogen and oxygen atoms in total. The standard InChI is InChI=1S/C13H26O4/c1-3-4-5-6-7-8-12(14)9-10-17-11(2)13(15)16/h11-12,14H,3-10H2,1-2H3,(H,15,16). The minimum atomic E-state index is -0.959. The van der Waals surface area contributed by atoms with Crippen LogP contribution in [0, 0.1) is 0 Å². The largest absolute Gasteiger partial charge is 0.479 e. The van der Waals surface area contributed by atoms with Crippen molar-refractivity contribution in [3.05, 3.63) is 0 Å². The summed E-state index contributed by atoms with van der Waals surface area (Å²) < 4.78 is 5.06. The van der Waals surface area contributed by atoms with Gasteiger partial charge in [-0.15, -0.1) is 0 Å². The number of hydrogen-bond donors (Lipinski definition) is 2. The highest BCUT2D eigenvalue weighted by Gasteiger charge is 2.11. The molecule has 0 saturated heterocycles. The first-order chi connectivity index (χ1) is 8.07. The molecular weight excluding hydrogens is 220 g/mol. The number of aliphatic carboxylic acids is 1. The number of rotatable bonds is 11. The molecule has 4 heteroatoms. The zero-order chi connectivity index (χ0) is 13.1. The molecule has 2 N–H and O–H groups in total. The quantitative estimate of drug-likeness (QED) is 0.550. The second-order valence-corrected chi connectivity index (χ2v) is 4.50. The second-order valence-electron chi connectivity index (χ2n) is 4.50. The maximum Gasteiger partial charge on any atom is 0.332 e. The predicted molar refractivity (Wildman–Crippen MR) is 67.0 cm³/mol. The predicted octanol–water partition coefficient (Wildman–Crippen LogP) is 2.59. The van der Waals surface area contributed by atoms with E-state index < -0.39 is 12.1 Å². The number of carboxylic acid groups (broad SMARTS) is 1. The van der Waals surface area contributed by atoms with E-state index in [1.54, 1.807) is 0 Å². The third kappa shape index (κ3) is 10.3. The van der Waals surface area contributed by atoms with Gasteiger partial charge in [-0.2, -0.15) is 0 Å². The summed E-state index contributed by atoms with van der Waals surface area (Å²) in [4.78, 5) is 10.5. The molecule has 0 rings (SSSR count). The third-order valence-electron chi connectivity index (χ3n) is 2.81. The molecule has 0 saturated carbocycles. The molecule has 17 heavy (non-hydrogen) atoms. The Kier molecular flexibility index (Phi) is 10.2. The molecule has 0 aliphatic heterocycles. The van der Waals surface area contributed by atoms with E-state index in [1.165, 1.54) is 26.2 Å². The minimum Gasteiger partial charge on any atom is -0.479 e. The Bertz CT molecular complexity index is 194. The van der Waals surface area contributed by atoms with Crippen LogP contribution in [0.3, 0.4) is 0 Å². The van der Waals surface area contributed by atoms with Gasteiger partial charge in [0.25, 0.3) is 0 Å². The molecule has 0 heterocycles. The normalized spacial score (nSPS) is 14.5.